The maximum Gasteiger partial charge on any atom is 0.316 e. The van der Waals surface area contributed by atoms with Crippen LogP contribution < -0.4 is 4.90 Å². The first-order valence-corrected chi connectivity index (χ1v) is 14.2. The quantitative estimate of drug-likeness (QED) is 0.283. The Hall–Kier alpha value is -2.54. The van der Waals surface area contributed by atoms with E-state index in [4.69, 9.17) is 37.2 Å². The summed E-state index contributed by atoms with van der Waals surface area (Å²) in [4.78, 5) is 14.7. The summed E-state index contributed by atoms with van der Waals surface area (Å²) in [6.07, 6.45) is 6.27. The number of hydrogen-bond acceptors (Lipinski definition) is 6. The van der Waals surface area contributed by atoms with Gasteiger partial charge in [-0.05, 0) is 68.4 Å². The highest BCUT2D eigenvalue weighted by molar-refractivity contribution is 6.39. The van der Waals surface area contributed by atoms with Crippen molar-refractivity contribution < 1.29 is 18.8 Å². The van der Waals surface area contributed by atoms with Crippen molar-refractivity contribution in [1.29, 1.82) is 0 Å². The monoisotopic (exact) mass is 552 g/mol. The molecule has 0 N–H and O–H groups in total. The van der Waals surface area contributed by atoms with Crippen molar-refractivity contribution in [3.63, 3.8) is 0 Å². The first-order valence-electron chi connectivity index (χ1n) is 13.5. The number of methoxy groups -OCH3 is 1. The number of hydrogen-bond donors (Lipinski definition) is 0. The SMILES string of the molecule is COC(=O)C1(c2ccc(N3C[C@@H]4C[C@H]3C[C@H]4OCc3c(-c4c(Cl)cccc4Cl)noc3C3CC3)cc2)CC1. The standard InChI is InChI=1S/C30H30Cl2N2O4/c1-36-29(35)30(11-12-30)19-7-9-20(10-8-19)34-15-18-13-21(34)14-25(18)37-16-22-27(33-38-28(22)17-5-6-17)26-23(31)3-2-4-24(26)32/h2-4,7-10,17-18,21,25H,5-6,11-16H2,1H3/t18-,21-,25+/m0/s1. The minimum atomic E-state index is -0.426. The second-order valence-corrected chi connectivity index (χ2v) is 12.1. The minimum absolute atomic E-state index is 0.122. The predicted octanol–water partition coefficient (Wildman–Crippen LogP) is 6.91. The normalized spacial score (nSPS) is 25.1. The van der Waals surface area contributed by atoms with Gasteiger partial charge in [0.05, 0.1) is 35.3 Å². The molecule has 0 radical (unpaired) electrons. The van der Waals surface area contributed by atoms with E-state index in [1.165, 1.54) is 12.8 Å². The molecule has 2 aromatic carbocycles. The number of carbonyl (C=O) groups is 1. The van der Waals surface area contributed by atoms with E-state index in [0.717, 1.165) is 62.0 Å². The zero-order chi connectivity index (χ0) is 26.0. The van der Waals surface area contributed by atoms with Gasteiger partial charge >= 0.3 is 5.97 Å². The molecule has 0 spiro atoms. The van der Waals surface area contributed by atoms with Gasteiger partial charge in [0.15, 0.2) is 0 Å². The van der Waals surface area contributed by atoms with Gasteiger partial charge in [-0.15, -0.1) is 0 Å². The molecule has 2 heterocycles. The van der Waals surface area contributed by atoms with E-state index in [0.29, 0.717) is 45.8 Å². The number of benzene rings is 2. The number of carbonyl (C=O) groups excluding carboxylic acids is 1. The largest absolute Gasteiger partial charge is 0.468 e. The van der Waals surface area contributed by atoms with Crippen molar-refractivity contribution in [2.45, 2.75) is 68.6 Å². The van der Waals surface area contributed by atoms with E-state index in [1.807, 2.05) is 18.2 Å². The topological polar surface area (TPSA) is 64.8 Å². The third kappa shape index (κ3) is 4.04. The molecule has 6 nitrogen and oxygen atoms in total. The molecule has 1 saturated heterocycles. The van der Waals surface area contributed by atoms with Crippen molar-refractivity contribution in [3.05, 3.63) is 69.4 Å². The van der Waals surface area contributed by atoms with Gasteiger partial charge in [0.1, 0.15) is 11.5 Å². The lowest BCUT2D eigenvalue weighted by Crippen LogP contribution is -2.38. The van der Waals surface area contributed by atoms with Gasteiger partial charge in [-0.3, -0.25) is 4.79 Å². The Morgan fingerprint density at radius 1 is 1.11 bits per heavy atom. The van der Waals surface area contributed by atoms with Gasteiger partial charge < -0.3 is 18.9 Å². The highest BCUT2D eigenvalue weighted by atomic mass is 35.5. The van der Waals surface area contributed by atoms with Crippen LogP contribution in [0.15, 0.2) is 47.0 Å². The molecule has 2 bridgehead atoms. The average Bonchev–Trinajstić information content (AvgIpc) is 3.83. The van der Waals surface area contributed by atoms with Crippen molar-refractivity contribution in [3.8, 4) is 11.3 Å². The van der Waals surface area contributed by atoms with Crippen LogP contribution >= 0.6 is 23.2 Å². The molecule has 3 saturated carbocycles. The van der Waals surface area contributed by atoms with Crippen molar-refractivity contribution in [1.82, 2.24) is 5.16 Å². The molecule has 1 aliphatic heterocycles. The Kier molecular flexibility index (Phi) is 5.99. The van der Waals surface area contributed by atoms with Crippen LogP contribution in [0.1, 0.15) is 61.3 Å². The van der Waals surface area contributed by atoms with Crippen LogP contribution in [0.3, 0.4) is 0 Å². The zero-order valence-corrected chi connectivity index (χ0v) is 22.8. The van der Waals surface area contributed by atoms with E-state index in [9.17, 15) is 4.79 Å². The Morgan fingerprint density at radius 2 is 1.84 bits per heavy atom. The summed E-state index contributed by atoms with van der Waals surface area (Å²) in [5.74, 6) is 1.68. The molecule has 0 unspecified atom stereocenters. The second-order valence-electron chi connectivity index (χ2n) is 11.3. The lowest BCUT2D eigenvalue weighted by molar-refractivity contribution is -0.143. The molecule has 4 fully saturated rings. The minimum Gasteiger partial charge on any atom is -0.468 e. The van der Waals surface area contributed by atoms with Crippen LogP contribution in [0, 0.1) is 5.92 Å². The van der Waals surface area contributed by atoms with Crippen LogP contribution in [0.2, 0.25) is 10.0 Å². The van der Waals surface area contributed by atoms with Gasteiger partial charge in [-0.2, -0.15) is 0 Å². The summed E-state index contributed by atoms with van der Waals surface area (Å²) in [6, 6.07) is 14.5. The zero-order valence-electron chi connectivity index (χ0n) is 21.3. The summed E-state index contributed by atoms with van der Waals surface area (Å²) >= 11 is 13.0. The fourth-order valence-electron chi connectivity index (χ4n) is 6.57. The van der Waals surface area contributed by atoms with Gasteiger partial charge in [-0.1, -0.05) is 46.6 Å². The summed E-state index contributed by atoms with van der Waals surface area (Å²) < 4.78 is 17.4. The number of esters is 1. The van der Waals surface area contributed by atoms with Crippen LogP contribution in [0.5, 0.6) is 0 Å². The molecule has 3 aliphatic carbocycles. The fourth-order valence-corrected chi connectivity index (χ4v) is 7.14. The highest BCUT2D eigenvalue weighted by Crippen LogP contribution is 2.50. The van der Waals surface area contributed by atoms with E-state index < -0.39 is 5.41 Å². The van der Waals surface area contributed by atoms with Gasteiger partial charge in [0.2, 0.25) is 0 Å². The summed E-state index contributed by atoms with van der Waals surface area (Å²) in [5, 5.41) is 5.53. The maximum absolute atomic E-state index is 12.3. The van der Waals surface area contributed by atoms with Crippen molar-refractivity contribution in [2.24, 2.45) is 5.92 Å². The summed E-state index contributed by atoms with van der Waals surface area (Å²) in [7, 11) is 1.47. The van der Waals surface area contributed by atoms with E-state index in [1.54, 1.807) is 0 Å². The number of fused-ring (bicyclic) bond motifs is 2. The van der Waals surface area contributed by atoms with Crippen LogP contribution in [0.4, 0.5) is 5.69 Å². The van der Waals surface area contributed by atoms with Gasteiger partial charge in [0.25, 0.3) is 0 Å². The number of piperidine rings is 1. The lowest BCUT2D eigenvalue weighted by Gasteiger charge is -2.33. The van der Waals surface area contributed by atoms with E-state index in [2.05, 4.69) is 34.3 Å². The van der Waals surface area contributed by atoms with E-state index in [-0.39, 0.29) is 12.1 Å². The number of nitrogens with zero attached hydrogens (tertiary/aromatic N) is 2. The van der Waals surface area contributed by atoms with Crippen molar-refractivity contribution >= 4 is 34.9 Å². The maximum atomic E-state index is 12.3. The summed E-state index contributed by atoms with van der Waals surface area (Å²) in [6.45, 7) is 1.42. The number of ether oxygens (including phenoxy) is 2. The second kappa shape index (κ2) is 9.29. The average molecular weight is 553 g/mol. The molecule has 38 heavy (non-hydrogen) atoms. The molecule has 1 aromatic heterocycles. The Bertz CT molecular complexity index is 1360. The molecular formula is C30H30Cl2N2O4. The first kappa shape index (κ1) is 24.5. The fraction of sp³-hybridized carbons (Fsp3) is 0.467. The Balaban J connectivity index is 1.04. The molecule has 3 aromatic rings. The van der Waals surface area contributed by atoms with Crippen LogP contribution in [-0.2, 0) is 26.3 Å². The number of aromatic nitrogens is 1. The molecule has 4 aliphatic rings. The highest BCUT2D eigenvalue weighted by Gasteiger charge is 2.52. The molecule has 198 valence electrons. The first-order chi connectivity index (χ1) is 18.5. The molecule has 0 amide bonds. The molecule has 8 heteroatoms. The van der Waals surface area contributed by atoms with E-state index >= 15 is 0 Å². The van der Waals surface area contributed by atoms with Gasteiger partial charge in [0, 0.05) is 41.2 Å². The van der Waals surface area contributed by atoms with Crippen LogP contribution in [-0.4, -0.2) is 36.9 Å². The Labute approximate surface area is 232 Å². The third-order valence-corrected chi connectivity index (χ3v) is 9.59. The number of rotatable bonds is 8. The Morgan fingerprint density at radius 3 is 2.45 bits per heavy atom. The van der Waals surface area contributed by atoms with Gasteiger partial charge in [-0.25, -0.2) is 0 Å². The molecule has 7 rings (SSSR count). The van der Waals surface area contributed by atoms with Crippen LogP contribution in [0.25, 0.3) is 11.3 Å². The number of halogens is 2. The third-order valence-electron chi connectivity index (χ3n) is 8.96. The lowest BCUT2D eigenvalue weighted by atomic mass is 9.95. The number of anilines is 1. The molecular weight excluding hydrogens is 523 g/mol. The molecule has 3 atom stereocenters. The smallest absolute Gasteiger partial charge is 0.316 e. The predicted molar refractivity (Wildman–Crippen MR) is 146 cm³/mol. The summed E-state index contributed by atoms with van der Waals surface area (Å²) in [5.41, 5.74) is 4.25. The van der Waals surface area contributed by atoms with Crippen molar-refractivity contribution in [2.75, 3.05) is 18.6 Å².